The first-order valence-corrected chi connectivity index (χ1v) is 7.67. The Morgan fingerprint density at radius 2 is 1.76 bits per heavy atom. The molecule has 0 aliphatic carbocycles. The molecule has 3 N–H and O–H groups in total. The number of sulfonamides is 1. The van der Waals surface area contributed by atoms with Crippen molar-refractivity contribution in [1.82, 2.24) is 0 Å². The van der Waals surface area contributed by atoms with Gasteiger partial charge >= 0.3 is 0 Å². The maximum atomic E-state index is 13.6. The van der Waals surface area contributed by atoms with Crippen molar-refractivity contribution in [3.8, 4) is 0 Å². The number of nitrogens with two attached hydrogens (primary N) is 1. The van der Waals surface area contributed by atoms with Gasteiger partial charge in [0, 0.05) is 5.69 Å². The molecule has 0 saturated heterocycles. The van der Waals surface area contributed by atoms with Crippen LogP contribution < -0.4 is 10.5 Å². The third-order valence-electron chi connectivity index (χ3n) is 2.52. The van der Waals surface area contributed by atoms with Gasteiger partial charge in [0.1, 0.15) is 10.7 Å². The summed E-state index contributed by atoms with van der Waals surface area (Å²) in [5.41, 5.74) is 5.24. The van der Waals surface area contributed by atoms with E-state index in [4.69, 9.17) is 28.9 Å². The van der Waals surface area contributed by atoms with Crippen molar-refractivity contribution < 1.29 is 17.2 Å². The molecule has 0 fully saturated rings. The molecule has 0 bridgehead atoms. The second-order valence-electron chi connectivity index (χ2n) is 4.02. The summed E-state index contributed by atoms with van der Waals surface area (Å²) in [4.78, 5) is -0.562. The van der Waals surface area contributed by atoms with Crippen LogP contribution in [0.25, 0.3) is 0 Å². The maximum Gasteiger partial charge on any atom is 0.263 e. The lowest BCUT2D eigenvalue weighted by Crippen LogP contribution is -2.15. The molecule has 0 amide bonds. The molecule has 0 radical (unpaired) electrons. The Kier molecular flexibility index (Phi) is 4.27. The van der Waals surface area contributed by atoms with Gasteiger partial charge in [-0.05, 0) is 30.3 Å². The molecule has 0 unspecified atom stereocenters. The van der Waals surface area contributed by atoms with Crippen LogP contribution in [0.2, 0.25) is 10.0 Å². The van der Waals surface area contributed by atoms with Crippen LogP contribution in [-0.4, -0.2) is 8.42 Å². The molecule has 2 aromatic carbocycles. The van der Waals surface area contributed by atoms with Crippen LogP contribution in [0.3, 0.4) is 0 Å². The maximum absolute atomic E-state index is 13.6. The molecule has 0 aliphatic rings. The Morgan fingerprint density at radius 1 is 1.10 bits per heavy atom. The first-order chi connectivity index (χ1) is 9.72. The summed E-state index contributed by atoms with van der Waals surface area (Å²) in [6.45, 7) is 0. The highest BCUT2D eigenvalue weighted by Crippen LogP contribution is 2.31. The average molecular weight is 353 g/mol. The smallest absolute Gasteiger partial charge is 0.263 e. The van der Waals surface area contributed by atoms with Crippen LogP contribution in [-0.2, 0) is 10.0 Å². The molecule has 112 valence electrons. The molecular weight excluding hydrogens is 345 g/mol. The van der Waals surface area contributed by atoms with Crippen LogP contribution in [0.15, 0.2) is 35.2 Å². The van der Waals surface area contributed by atoms with Crippen LogP contribution >= 0.6 is 23.2 Å². The van der Waals surface area contributed by atoms with Gasteiger partial charge in [-0.1, -0.05) is 23.2 Å². The zero-order valence-corrected chi connectivity index (χ0v) is 12.5. The number of hydrogen-bond donors (Lipinski definition) is 2. The molecule has 21 heavy (non-hydrogen) atoms. The first-order valence-electron chi connectivity index (χ1n) is 5.43. The average Bonchev–Trinajstić information content (AvgIpc) is 2.39. The van der Waals surface area contributed by atoms with Gasteiger partial charge < -0.3 is 5.73 Å². The van der Waals surface area contributed by atoms with E-state index < -0.39 is 31.6 Å². The number of rotatable bonds is 3. The third-order valence-corrected chi connectivity index (χ3v) is 4.71. The number of nitrogens with one attached hydrogen (secondary N) is 1. The lowest BCUT2D eigenvalue weighted by Gasteiger charge is -2.11. The van der Waals surface area contributed by atoms with Crippen molar-refractivity contribution in [2.45, 2.75) is 4.90 Å². The minimum atomic E-state index is -4.30. The van der Waals surface area contributed by atoms with E-state index in [1.807, 2.05) is 4.72 Å². The van der Waals surface area contributed by atoms with Crippen LogP contribution in [0, 0.1) is 11.6 Å². The fourth-order valence-electron chi connectivity index (χ4n) is 1.54. The highest BCUT2D eigenvalue weighted by Gasteiger charge is 2.23. The molecule has 0 heterocycles. The van der Waals surface area contributed by atoms with E-state index in [-0.39, 0.29) is 16.4 Å². The second-order valence-corrected chi connectivity index (χ2v) is 6.45. The summed E-state index contributed by atoms with van der Waals surface area (Å²) < 4.78 is 53.3. The normalized spacial score (nSPS) is 11.4. The van der Waals surface area contributed by atoms with E-state index in [0.29, 0.717) is 0 Å². The molecule has 4 nitrogen and oxygen atoms in total. The molecule has 2 rings (SSSR count). The zero-order valence-electron chi connectivity index (χ0n) is 10.2. The van der Waals surface area contributed by atoms with E-state index in [2.05, 4.69) is 0 Å². The van der Waals surface area contributed by atoms with Crippen LogP contribution in [0.5, 0.6) is 0 Å². The van der Waals surface area contributed by atoms with Gasteiger partial charge in [0.25, 0.3) is 10.0 Å². The Balaban J connectivity index is 2.49. The molecule has 0 aliphatic heterocycles. The molecule has 2 aromatic rings. The number of benzene rings is 2. The van der Waals surface area contributed by atoms with E-state index >= 15 is 0 Å². The van der Waals surface area contributed by atoms with Gasteiger partial charge in [0.05, 0.1) is 15.7 Å². The predicted molar refractivity (Wildman–Crippen MR) is 78.0 cm³/mol. The minimum absolute atomic E-state index is 0.155. The Bertz CT molecular complexity index is 813. The molecule has 0 spiro atoms. The lowest BCUT2D eigenvalue weighted by molar-refractivity contribution is 0.593. The molecular formula is C12H8Cl2F2N2O2S. The van der Waals surface area contributed by atoms with E-state index in [9.17, 15) is 17.2 Å². The Morgan fingerprint density at radius 3 is 2.43 bits per heavy atom. The van der Waals surface area contributed by atoms with Gasteiger partial charge in [-0.3, -0.25) is 4.72 Å². The summed E-state index contributed by atoms with van der Waals surface area (Å²) in [6.07, 6.45) is 0. The lowest BCUT2D eigenvalue weighted by atomic mass is 10.3. The van der Waals surface area contributed by atoms with Gasteiger partial charge in [-0.25, -0.2) is 17.2 Å². The van der Waals surface area contributed by atoms with Crippen molar-refractivity contribution in [3.63, 3.8) is 0 Å². The molecule has 9 heteroatoms. The van der Waals surface area contributed by atoms with Crippen molar-refractivity contribution in [2.75, 3.05) is 10.5 Å². The van der Waals surface area contributed by atoms with Crippen LogP contribution in [0.4, 0.5) is 20.2 Å². The topological polar surface area (TPSA) is 72.2 Å². The summed E-state index contributed by atoms with van der Waals surface area (Å²) in [5.74, 6) is -1.91. The first kappa shape index (κ1) is 15.8. The highest BCUT2D eigenvalue weighted by atomic mass is 35.5. The van der Waals surface area contributed by atoms with Gasteiger partial charge in [-0.15, -0.1) is 0 Å². The van der Waals surface area contributed by atoms with Crippen molar-refractivity contribution in [2.24, 2.45) is 0 Å². The fourth-order valence-corrected chi connectivity index (χ4v) is 3.34. The second kappa shape index (κ2) is 5.67. The van der Waals surface area contributed by atoms with Gasteiger partial charge in [-0.2, -0.15) is 0 Å². The monoisotopic (exact) mass is 352 g/mol. The van der Waals surface area contributed by atoms with Crippen molar-refractivity contribution in [3.05, 3.63) is 52.0 Å². The number of anilines is 2. The predicted octanol–water partition coefficient (Wildman–Crippen LogP) is 3.65. The standard InChI is InChI=1S/C12H8Cl2F2N2O2S/c13-7-2-4-10(11(14)12(7)16)21(19,20)18-9-5-6(17)1-3-8(9)15/h1-5,18H,17H2. The zero-order chi connectivity index (χ0) is 15.8. The van der Waals surface area contributed by atoms with E-state index in [0.717, 1.165) is 24.3 Å². The molecule has 0 atom stereocenters. The quantitative estimate of drug-likeness (QED) is 0.654. The van der Waals surface area contributed by atoms with E-state index in [1.165, 1.54) is 6.07 Å². The fraction of sp³-hybridized carbons (Fsp3) is 0. The molecule has 0 aromatic heterocycles. The van der Waals surface area contributed by atoms with Crippen LogP contribution in [0.1, 0.15) is 0 Å². The Labute approximate surface area is 129 Å². The number of halogens is 4. The summed E-state index contributed by atoms with van der Waals surface area (Å²) in [7, 11) is -4.30. The SMILES string of the molecule is Nc1ccc(F)c(NS(=O)(=O)c2ccc(Cl)c(F)c2Cl)c1. The Hall–Kier alpha value is -1.57. The highest BCUT2D eigenvalue weighted by molar-refractivity contribution is 7.92. The van der Waals surface area contributed by atoms with E-state index in [1.54, 1.807) is 0 Å². The van der Waals surface area contributed by atoms with Crippen molar-refractivity contribution >= 4 is 44.6 Å². The third kappa shape index (κ3) is 3.20. The summed E-state index contributed by atoms with van der Waals surface area (Å²) >= 11 is 11.1. The summed E-state index contributed by atoms with van der Waals surface area (Å²) in [6, 6.07) is 5.40. The largest absolute Gasteiger partial charge is 0.399 e. The minimum Gasteiger partial charge on any atom is -0.399 e. The summed E-state index contributed by atoms with van der Waals surface area (Å²) in [5, 5.41) is -1.01. The van der Waals surface area contributed by atoms with Crippen molar-refractivity contribution in [1.29, 1.82) is 0 Å². The number of hydrogen-bond acceptors (Lipinski definition) is 3. The molecule has 0 saturated carbocycles. The van der Waals surface area contributed by atoms with Gasteiger partial charge in [0.2, 0.25) is 0 Å². The van der Waals surface area contributed by atoms with Gasteiger partial charge in [0.15, 0.2) is 5.82 Å². The number of nitrogen functional groups attached to an aromatic ring is 1.